The summed E-state index contributed by atoms with van der Waals surface area (Å²) in [6, 6.07) is 31.6. The van der Waals surface area contributed by atoms with Crippen molar-refractivity contribution < 1.29 is 0 Å². The highest BCUT2D eigenvalue weighted by atomic mass is 14.8. The molecule has 1 heterocycles. The lowest BCUT2D eigenvalue weighted by molar-refractivity contribution is 0.687. The number of benzene rings is 5. The van der Waals surface area contributed by atoms with Gasteiger partial charge >= 0.3 is 0 Å². The van der Waals surface area contributed by atoms with E-state index < -0.39 is 0 Å². The highest BCUT2D eigenvalue weighted by Gasteiger charge is 2.27. The average Bonchev–Trinajstić information content (AvgIpc) is 3.33. The lowest BCUT2D eigenvalue weighted by Crippen LogP contribution is -2.06. The van der Waals surface area contributed by atoms with Crippen LogP contribution in [0.25, 0.3) is 66.6 Å². The van der Waals surface area contributed by atoms with Gasteiger partial charge in [-0.3, -0.25) is 0 Å². The molecule has 0 unspecified atom stereocenters. The summed E-state index contributed by atoms with van der Waals surface area (Å²) < 4.78 is 0. The van der Waals surface area contributed by atoms with Crippen molar-refractivity contribution in [3.8, 4) is 44.8 Å². The summed E-state index contributed by atoms with van der Waals surface area (Å²) in [5.74, 6) is 0. The Balaban J connectivity index is 1.39. The van der Waals surface area contributed by atoms with E-state index >= 15 is 0 Å². The molecule has 3 aliphatic rings. The van der Waals surface area contributed by atoms with Crippen molar-refractivity contribution in [2.75, 3.05) is 0 Å². The summed E-state index contributed by atoms with van der Waals surface area (Å²) >= 11 is 0. The summed E-state index contributed by atoms with van der Waals surface area (Å²) in [7, 11) is 0. The Kier molecular flexibility index (Phi) is 4.84. The molecule has 0 bridgehead atoms. The molecule has 0 saturated carbocycles. The van der Waals surface area contributed by atoms with Crippen molar-refractivity contribution in [2.24, 2.45) is 0 Å². The van der Waals surface area contributed by atoms with Crippen LogP contribution in [0.5, 0.6) is 0 Å². The summed E-state index contributed by atoms with van der Waals surface area (Å²) in [5.41, 5.74) is 17.7. The minimum Gasteiger partial charge on any atom is -0.243 e. The predicted molar refractivity (Wildman–Crippen MR) is 166 cm³/mol. The minimum absolute atomic E-state index is 1.03. The maximum atomic E-state index is 5.56. The van der Waals surface area contributed by atoms with Crippen LogP contribution in [0.4, 0.5) is 0 Å². The number of aromatic nitrogens is 2. The largest absolute Gasteiger partial charge is 0.243 e. The zero-order valence-electron chi connectivity index (χ0n) is 22.6. The highest BCUT2D eigenvalue weighted by molar-refractivity contribution is 6.15. The van der Waals surface area contributed by atoms with E-state index in [2.05, 4.69) is 84.9 Å². The molecule has 0 aliphatic heterocycles. The molecule has 0 fully saturated rings. The molecule has 0 radical (unpaired) electrons. The van der Waals surface area contributed by atoms with E-state index in [0.717, 1.165) is 35.3 Å². The zero-order valence-corrected chi connectivity index (χ0v) is 22.6. The normalized spacial score (nSPS) is 15.2. The van der Waals surface area contributed by atoms with E-state index in [0.29, 0.717) is 0 Å². The first-order valence-electron chi connectivity index (χ1n) is 14.9. The fourth-order valence-corrected chi connectivity index (χ4v) is 7.75. The number of hydrogen-bond acceptors (Lipinski definition) is 2. The van der Waals surface area contributed by atoms with Gasteiger partial charge in [-0.05, 0) is 90.1 Å². The van der Waals surface area contributed by atoms with Gasteiger partial charge in [0, 0.05) is 27.6 Å². The Bertz CT molecular complexity index is 1870. The molecule has 1 aromatic heterocycles. The third-order valence-electron chi connectivity index (χ3n) is 9.61. The average molecular weight is 515 g/mol. The molecule has 192 valence electrons. The van der Waals surface area contributed by atoms with Gasteiger partial charge in [-0.25, -0.2) is 9.97 Å². The number of nitrogens with zero attached hydrogens (tertiary/aromatic N) is 2. The van der Waals surface area contributed by atoms with Gasteiger partial charge in [-0.15, -0.1) is 0 Å². The van der Waals surface area contributed by atoms with E-state index in [1.165, 1.54) is 105 Å². The smallest absolute Gasteiger partial charge is 0.0980 e. The molecule has 3 aliphatic carbocycles. The van der Waals surface area contributed by atoms with Crippen molar-refractivity contribution in [1.29, 1.82) is 0 Å². The third kappa shape index (κ3) is 3.17. The van der Waals surface area contributed by atoms with Crippen molar-refractivity contribution in [2.45, 2.75) is 51.4 Å². The Hall–Kier alpha value is -4.30. The van der Waals surface area contributed by atoms with Gasteiger partial charge in [0.1, 0.15) is 0 Å². The monoisotopic (exact) mass is 514 g/mol. The van der Waals surface area contributed by atoms with Crippen LogP contribution in [0.2, 0.25) is 0 Å². The van der Waals surface area contributed by atoms with Crippen LogP contribution in [0.3, 0.4) is 0 Å². The minimum atomic E-state index is 1.03. The molecule has 0 atom stereocenters. The maximum Gasteiger partial charge on any atom is 0.0980 e. The number of aryl methyl sites for hydroxylation is 2. The van der Waals surface area contributed by atoms with Crippen LogP contribution in [0.15, 0.2) is 84.9 Å². The van der Waals surface area contributed by atoms with Crippen molar-refractivity contribution >= 4 is 21.8 Å². The van der Waals surface area contributed by atoms with Gasteiger partial charge < -0.3 is 0 Å². The molecule has 6 aromatic rings. The molecular weight excluding hydrogens is 484 g/mol. The van der Waals surface area contributed by atoms with E-state index in [1.807, 2.05) is 0 Å². The lowest BCUT2D eigenvalue weighted by Gasteiger charge is -2.22. The summed E-state index contributed by atoms with van der Waals surface area (Å²) in [6.45, 7) is 0. The second kappa shape index (κ2) is 8.60. The van der Waals surface area contributed by atoms with Gasteiger partial charge in [0.05, 0.1) is 22.4 Å². The molecule has 0 amide bonds. The van der Waals surface area contributed by atoms with Gasteiger partial charge in [-0.1, -0.05) is 84.9 Å². The first kappa shape index (κ1) is 22.5. The zero-order chi connectivity index (χ0) is 26.2. The molecule has 0 spiro atoms. The summed E-state index contributed by atoms with van der Waals surface area (Å²) in [5, 5.41) is 2.54. The second-order valence-electron chi connectivity index (χ2n) is 11.8. The van der Waals surface area contributed by atoms with E-state index in [-0.39, 0.29) is 0 Å². The second-order valence-corrected chi connectivity index (χ2v) is 11.8. The molecule has 0 saturated heterocycles. The van der Waals surface area contributed by atoms with Crippen LogP contribution in [-0.2, 0) is 25.7 Å². The topological polar surface area (TPSA) is 25.8 Å². The third-order valence-corrected chi connectivity index (χ3v) is 9.61. The Morgan fingerprint density at radius 2 is 0.850 bits per heavy atom. The summed E-state index contributed by atoms with van der Waals surface area (Å²) in [6.07, 6.45) is 9.72. The van der Waals surface area contributed by atoms with Crippen molar-refractivity contribution in [1.82, 2.24) is 9.97 Å². The highest BCUT2D eigenvalue weighted by Crippen LogP contribution is 2.48. The van der Waals surface area contributed by atoms with Crippen molar-refractivity contribution in [3.63, 3.8) is 0 Å². The van der Waals surface area contributed by atoms with E-state index in [9.17, 15) is 0 Å². The Morgan fingerprint density at radius 3 is 1.38 bits per heavy atom. The van der Waals surface area contributed by atoms with Crippen molar-refractivity contribution in [3.05, 3.63) is 107 Å². The summed E-state index contributed by atoms with van der Waals surface area (Å²) in [4.78, 5) is 11.1. The Morgan fingerprint density at radius 1 is 0.400 bits per heavy atom. The lowest BCUT2D eigenvalue weighted by atomic mass is 9.83. The maximum absolute atomic E-state index is 5.56. The van der Waals surface area contributed by atoms with Crippen LogP contribution in [0.1, 0.15) is 47.9 Å². The van der Waals surface area contributed by atoms with Crippen LogP contribution in [-0.4, -0.2) is 9.97 Å². The molecule has 9 rings (SSSR count). The molecule has 2 heteroatoms. The molecular formula is C38H30N2. The molecule has 2 nitrogen and oxygen atoms in total. The fourth-order valence-electron chi connectivity index (χ4n) is 7.75. The molecule has 0 N–H and O–H groups in total. The SMILES string of the molecule is c1cc2c(c(-c3ccc(-c4cccc5c4CCCC5)c4nc5c(nc34)-c3cccc4cccc-5c34)c1)CCCC2. The fraction of sp³-hybridized carbons (Fsp3) is 0.211. The molecule has 5 aromatic carbocycles. The number of rotatable bonds is 2. The predicted octanol–water partition coefficient (Wildman–Crippen LogP) is 9.52. The Labute approximate surface area is 234 Å². The van der Waals surface area contributed by atoms with Gasteiger partial charge in [-0.2, -0.15) is 0 Å². The van der Waals surface area contributed by atoms with Gasteiger partial charge in [0.2, 0.25) is 0 Å². The standard InChI is InChI=1S/C38H30N2/c1-3-15-26-23(9-1)11-5-17-28(26)30-21-22-31(29-18-6-12-24-10-2-4-16-27(24)29)36-35(30)39-37-32-19-7-13-25-14-8-20-33(34(25)32)38(37)40-36/h5-8,11-14,17-22H,1-4,9-10,15-16H2. The van der Waals surface area contributed by atoms with Gasteiger partial charge in [0.15, 0.2) is 0 Å². The van der Waals surface area contributed by atoms with Crippen LogP contribution < -0.4 is 0 Å². The van der Waals surface area contributed by atoms with Gasteiger partial charge in [0.25, 0.3) is 0 Å². The quantitative estimate of drug-likeness (QED) is 0.230. The number of fused-ring (bicyclic) bond motifs is 6. The van der Waals surface area contributed by atoms with Crippen LogP contribution >= 0.6 is 0 Å². The van der Waals surface area contributed by atoms with Crippen LogP contribution in [0, 0.1) is 0 Å². The van der Waals surface area contributed by atoms with E-state index in [4.69, 9.17) is 9.97 Å². The molecule has 40 heavy (non-hydrogen) atoms. The first-order chi connectivity index (χ1) is 19.8. The van der Waals surface area contributed by atoms with E-state index in [1.54, 1.807) is 0 Å². The number of hydrogen-bond donors (Lipinski definition) is 0. The first-order valence-corrected chi connectivity index (χ1v) is 14.9.